The zero-order chi connectivity index (χ0) is 15.0. The Morgan fingerprint density at radius 2 is 2.14 bits per heavy atom. The number of carboxylic acids is 1. The van der Waals surface area contributed by atoms with Crippen molar-refractivity contribution in [1.82, 2.24) is 19.9 Å². The molecule has 2 unspecified atom stereocenters. The number of aromatic nitrogens is 4. The van der Waals surface area contributed by atoms with E-state index in [0.29, 0.717) is 17.6 Å². The number of hydrogen-bond donors (Lipinski definition) is 3. The highest BCUT2D eigenvalue weighted by atomic mass is 35.5. The third-order valence-corrected chi connectivity index (χ3v) is 3.34. The van der Waals surface area contributed by atoms with Gasteiger partial charge in [0.25, 0.3) is 5.91 Å². The number of carbonyl (C=O) groups is 2. The van der Waals surface area contributed by atoms with Crippen molar-refractivity contribution in [3.05, 3.63) is 11.5 Å². The van der Waals surface area contributed by atoms with Crippen LogP contribution in [0.3, 0.4) is 0 Å². The molecule has 0 saturated carbocycles. The quantitative estimate of drug-likeness (QED) is 0.706. The summed E-state index contributed by atoms with van der Waals surface area (Å²) in [5.74, 6) is -1.60. The molecule has 0 radical (unpaired) electrons. The lowest BCUT2D eigenvalue weighted by Gasteiger charge is -2.10. The highest BCUT2D eigenvalue weighted by Gasteiger charge is 2.35. The summed E-state index contributed by atoms with van der Waals surface area (Å²) in [7, 11) is 0. The second-order valence-electron chi connectivity index (χ2n) is 4.46. The molecule has 0 aliphatic carbocycles. The predicted octanol–water partition coefficient (Wildman–Crippen LogP) is 0.577. The molecule has 3 heterocycles. The molecule has 10 heteroatoms. The molecule has 1 fully saturated rings. The number of nitrogens with one attached hydrogen (secondary N) is 2. The highest BCUT2D eigenvalue weighted by molar-refractivity contribution is 6.33. The average Bonchev–Trinajstić information content (AvgIpc) is 3.07. The number of H-pyrrole nitrogens is 1. The molecule has 9 nitrogen and oxygen atoms in total. The van der Waals surface area contributed by atoms with E-state index >= 15 is 0 Å². The molecule has 2 aromatic rings. The van der Waals surface area contributed by atoms with Gasteiger partial charge >= 0.3 is 5.97 Å². The normalized spacial score (nSPS) is 21.6. The zero-order valence-electron chi connectivity index (χ0n) is 10.5. The summed E-state index contributed by atoms with van der Waals surface area (Å²) in [6, 6.07) is 0. The molecule has 21 heavy (non-hydrogen) atoms. The van der Waals surface area contributed by atoms with Crippen LogP contribution in [0.1, 0.15) is 12.8 Å². The Morgan fingerprint density at radius 1 is 1.38 bits per heavy atom. The summed E-state index contributed by atoms with van der Waals surface area (Å²) in [5.41, 5.74) is 0.791. The van der Waals surface area contributed by atoms with Gasteiger partial charge in [-0.3, -0.25) is 10.1 Å². The summed E-state index contributed by atoms with van der Waals surface area (Å²) in [5, 5.41) is 11.4. The largest absolute Gasteiger partial charge is 0.479 e. The van der Waals surface area contributed by atoms with Crippen molar-refractivity contribution in [2.75, 3.05) is 5.32 Å². The monoisotopic (exact) mass is 311 g/mol. The fraction of sp³-hybridized carbons (Fsp3) is 0.364. The van der Waals surface area contributed by atoms with Crippen molar-refractivity contribution < 1.29 is 19.4 Å². The van der Waals surface area contributed by atoms with E-state index in [9.17, 15) is 9.59 Å². The van der Waals surface area contributed by atoms with Crippen molar-refractivity contribution >= 4 is 40.6 Å². The number of carboxylic acid groups (broad SMARTS) is 1. The van der Waals surface area contributed by atoms with Gasteiger partial charge in [0.1, 0.15) is 11.6 Å². The smallest absolute Gasteiger partial charge is 0.332 e. The van der Waals surface area contributed by atoms with Crippen LogP contribution in [0, 0.1) is 0 Å². The second-order valence-corrected chi connectivity index (χ2v) is 4.82. The first-order chi connectivity index (χ1) is 10.0. The van der Waals surface area contributed by atoms with Crippen LogP contribution in [0.2, 0.25) is 5.15 Å². The number of aliphatic carboxylic acids is 1. The van der Waals surface area contributed by atoms with Crippen molar-refractivity contribution in [2.45, 2.75) is 25.0 Å². The number of amides is 1. The molecule has 1 aliphatic heterocycles. The van der Waals surface area contributed by atoms with Gasteiger partial charge < -0.3 is 14.8 Å². The Balaban J connectivity index is 1.73. The van der Waals surface area contributed by atoms with Crippen molar-refractivity contribution in [1.29, 1.82) is 0 Å². The first-order valence-electron chi connectivity index (χ1n) is 6.10. The van der Waals surface area contributed by atoms with E-state index in [0.717, 1.165) is 0 Å². The molecule has 0 spiro atoms. The van der Waals surface area contributed by atoms with Crippen LogP contribution in [0.25, 0.3) is 11.2 Å². The van der Waals surface area contributed by atoms with Crippen LogP contribution >= 0.6 is 11.6 Å². The Labute approximate surface area is 122 Å². The maximum Gasteiger partial charge on any atom is 0.332 e. The van der Waals surface area contributed by atoms with Crippen LogP contribution in [0.5, 0.6) is 0 Å². The van der Waals surface area contributed by atoms with E-state index in [2.05, 4.69) is 25.3 Å². The van der Waals surface area contributed by atoms with Gasteiger partial charge in [-0.1, -0.05) is 11.6 Å². The Morgan fingerprint density at radius 3 is 2.86 bits per heavy atom. The number of halogens is 1. The third kappa shape index (κ3) is 2.65. The Bertz CT molecular complexity index is 718. The number of aromatic amines is 1. The van der Waals surface area contributed by atoms with Gasteiger partial charge in [-0.2, -0.15) is 9.97 Å². The van der Waals surface area contributed by atoms with E-state index in [1.807, 2.05) is 0 Å². The maximum atomic E-state index is 12.0. The first kappa shape index (κ1) is 13.7. The molecule has 110 valence electrons. The van der Waals surface area contributed by atoms with Crippen LogP contribution in [-0.2, 0) is 14.3 Å². The average molecular weight is 312 g/mol. The Kier molecular flexibility index (Phi) is 3.43. The first-order valence-corrected chi connectivity index (χ1v) is 6.48. The minimum Gasteiger partial charge on any atom is -0.479 e. The minimum atomic E-state index is -1.08. The number of rotatable bonds is 3. The molecule has 0 bridgehead atoms. The lowest BCUT2D eigenvalue weighted by Crippen LogP contribution is -2.30. The molecule has 2 atom stereocenters. The summed E-state index contributed by atoms with van der Waals surface area (Å²) in [6.07, 6.45) is 0.214. The third-order valence-electron chi connectivity index (χ3n) is 3.06. The van der Waals surface area contributed by atoms with Crippen LogP contribution in [0.15, 0.2) is 6.33 Å². The Hall–Kier alpha value is -2.26. The maximum absolute atomic E-state index is 12.0. The SMILES string of the molecule is O=C(O)C1CCC(C(=O)Nc2nc(Cl)c3[nH]cnc3n2)O1. The molecule has 1 aliphatic rings. The summed E-state index contributed by atoms with van der Waals surface area (Å²) >= 11 is 5.93. The number of ether oxygens (including phenoxy) is 1. The number of imidazole rings is 1. The van der Waals surface area contributed by atoms with E-state index in [4.69, 9.17) is 21.4 Å². The van der Waals surface area contributed by atoms with Crippen molar-refractivity contribution in [3.63, 3.8) is 0 Å². The van der Waals surface area contributed by atoms with Gasteiger partial charge in [-0.25, -0.2) is 9.78 Å². The number of nitrogens with zero attached hydrogens (tertiary/aromatic N) is 3. The van der Waals surface area contributed by atoms with Crippen LogP contribution < -0.4 is 5.32 Å². The number of fused-ring (bicyclic) bond motifs is 1. The number of carbonyl (C=O) groups excluding carboxylic acids is 1. The summed E-state index contributed by atoms with van der Waals surface area (Å²) in [4.78, 5) is 37.4. The zero-order valence-corrected chi connectivity index (χ0v) is 11.3. The lowest BCUT2D eigenvalue weighted by atomic mass is 10.2. The van der Waals surface area contributed by atoms with Crippen LogP contribution in [0.4, 0.5) is 5.95 Å². The highest BCUT2D eigenvalue weighted by Crippen LogP contribution is 2.22. The van der Waals surface area contributed by atoms with Gasteiger partial charge in [0.05, 0.1) is 6.33 Å². The fourth-order valence-corrected chi connectivity index (χ4v) is 2.28. The van der Waals surface area contributed by atoms with Gasteiger partial charge in [0.2, 0.25) is 5.95 Å². The fourth-order valence-electron chi connectivity index (χ4n) is 2.06. The molecule has 1 saturated heterocycles. The molecular formula is C11H10ClN5O4. The number of anilines is 1. The number of hydrogen-bond acceptors (Lipinski definition) is 6. The van der Waals surface area contributed by atoms with E-state index in [-0.39, 0.29) is 17.5 Å². The van der Waals surface area contributed by atoms with Crippen molar-refractivity contribution in [3.8, 4) is 0 Å². The van der Waals surface area contributed by atoms with E-state index < -0.39 is 24.1 Å². The van der Waals surface area contributed by atoms with Gasteiger partial charge in [0.15, 0.2) is 16.9 Å². The summed E-state index contributed by atoms with van der Waals surface area (Å²) in [6.45, 7) is 0. The summed E-state index contributed by atoms with van der Waals surface area (Å²) < 4.78 is 5.14. The second kappa shape index (κ2) is 5.26. The minimum absolute atomic E-state index is 0.00743. The topological polar surface area (TPSA) is 130 Å². The molecular weight excluding hydrogens is 302 g/mol. The molecule has 1 amide bonds. The van der Waals surface area contributed by atoms with Crippen LogP contribution in [-0.4, -0.2) is 49.1 Å². The lowest BCUT2D eigenvalue weighted by molar-refractivity contribution is -0.150. The van der Waals surface area contributed by atoms with Crippen molar-refractivity contribution in [2.24, 2.45) is 0 Å². The van der Waals surface area contributed by atoms with Gasteiger partial charge in [0, 0.05) is 0 Å². The standard InChI is InChI=1S/C11H10ClN5O4/c12-7-6-8(14-3-13-6)16-11(15-7)17-9(18)4-1-2-5(21-4)10(19)20/h3-5H,1-2H2,(H,19,20)(H2,13,14,15,16,17,18). The van der Waals surface area contributed by atoms with E-state index in [1.54, 1.807) is 0 Å². The van der Waals surface area contributed by atoms with Gasteiger partial charge in [-0.15, -0.1) is 0 Å². The molecule has 3 rings (SSSR count). The molecule has 2 aromatic heterocycles. The van der Waals surface area contributed by atoms with Gasteiger partial charge in [-0.05, 0) is 12.8 Å². The predicted molar refractivity (Wildman–Crippen MR) is 70.9 cm³/mol. The molecule has 0 aromatic carbocycles. The van der Waals surface area contributed by atoms with E-state index in [1.165, 1.54) is 6.33 Å². The molecule has 3 N–H and O–H groups in total.